The third-order valence-electron chi connectivity index (χ3n) is 4.90. The summed E-state index contributed by atoms with van der Waals surface area (Å²) in [6.45, 7) is 4.43. The molecular weight excluding hydrogens is 406 g/mol. The molecule has 158 valence electrons. The number of aromatic nitrogens is 3. The molecule has 2 aromatic heterocycles. The first-order valence-electron chi connectivity index (χ1n) is 10.0. The van der Waals surface area contributed by atoms with Gasteiger partial charge in [0, 0.05) is 25.2 Å². The van der Waals surface area contributed by atoms with E-state index in [1.165, 1.54) is 0 Å². The molecule has 1 aliphatic heterocycles. The van der Waals surface area contributed by atoms with Crippen LogP contribution >= 0.6 is 11.6 Å². The van der Waals surface area contributed by atoms with Crippen molar-refractivity contribution >= 4 is 17.5 Å². The van der Waals surface area contributed by atoms with E-state index >= 15 is 0 Å². The lowest BCUT2D eigenvalue weighted by Gasteiger charge is -2.25. The van der Waals surface area contributed by atoms with Crippen molar-refractivity contribution < 1.29 is 13.9 Å². The van der Waals surface area contributed by atoms with E-state index in [0.717, 1.165) is 30.0 Å². The van der Waals surface area contributed by atoms with E-state index < -0.39 is 0 Å². The van der Waals surface area contributed by atoms with Gasteiger partial charge in [0.2, 0.25) is 0 Å². The summed E-state index contributed by atoms with van der Waals surface area (Å²) in [5, 5.41) is 12.1. The first kappa shape index (κ1) is 20.6. The first-order chi connectivity index (χ1) is 14.7. The number of carbonyl (C=O) groups is 1. The maximum Gasteiger partial charge on any atom is 0.276 e. The largest absolute Gasteiger partial charge is 0.460 e. The van der Waals surface area contributed by atoms with Gasteiger partial charge in [-0.15, -0.1) is 5.10 Å². The summed E-state index contributed by atoms with van der Waals surface area (Å²) in [5.41, 5.74) is 1.27. The number of ether oxygens (including phenoxy) is 1. The summed E-state index contributed by atoms with van der Waals surface area (Å²) in [7, 11) is 0. The lowest BCUT2D eigenvalue weighted by molar-refractivity contribution is 0.0299. The third-order valence-corrected chi connectivity index (χ3v) is 5.23. The summed E-state index contributed by atoms with van der Waals surface area (Å²) in [4.78, 5) is 14.1. The molecule has 1 N–H and O–H groups in total. The van der Waals surface area contributed by atoms with E-state index in [4.69, 9.17) is 20.8 Å². The van der Waals surface area contributed by atoms with E-state index in [2.05, 4.69) is 15.6 Å². The highest BCUT2D eigenvalue weighted by Crippen LogP contribution is 2.28. The lowest BCUT2D eigenvalue weighted by atomic mass is 10.2. The minimum absolute atomic E-state index is 0.0881. The molecule has 1 aromatic carbocycles. The summed E-state index contributed by atoms with van der Waals surface area (Å²) in [6, 6.07) is 11.5. The van der Waals surface area contributed by atoms with E-state index in [9.17, 15) is 4.79 Å². The predicted molar refractivity (Wildman–Crippen MR) is 112 cm³/mol. The van der Waals surface area contributed by atoms with Crippen LogP contribution in [-0.4, -0.2) is 58.6 Å². The van der Waals surface area contributed by atoms with Crippen LogP contribution in [-0.2, 0) is 17.8 Å². The fourth-order valence-electron chi connectivity index (χ4n) is 3.29. The van der Waals surface area contributed by atoms with Crippen LogP contribution in [0.4, 0.5) is 0 Å². The van der Waals surface area contributed by atoms with Gasteiger partial charge in [-0.05, 0) is 37.2 Å². The number of carbonyl (C=O) groups excluding carboxylic acids is 1. The Morgan fingerprint density at radius 3 is 2.83 bits per heavy atom. The number of hydrogen-bond acceptors (Lipinski definition) is 6. The van der Waals surface area contributed by atoms with Crippen molar-refractivity contribution in [1.29, 1.82) is 0 Å². The Kier molecular flexibility index (Phi) is 6.78. The molecule has 30 heavy (non-hydrogen) atoms. The van der Waals surface area contributed by atoms with Crippen LogP contribution < -0.4 is 5.32 Å². The quantitative estimate of drug-likeness (QED) is 0.554. The molecule has 0 bridgehead atoms. The van der Waals surface area contributed by atoms with Gasteiger partial charge in [-0.1, -0.05) is 28.9 Å². The molecule has 3 heterocycles. The Morgan fingerprint density at radius 1 is 1.17 bits per heavy atom. The number of benzene rings is 1. The monoisotopic (exact) mass is 429 g/mol. The van der Waals surface area contributed by atoms with Crippen LogP contribution in [0.3, 0.4) is 0 Å². The van der Waals surface area contributed by atoms with Gasteiger partial charge in [0.1, 0.15) is 11.5 Å². The van der Waals surface area contributed by atoms with Gasteiger partial charge in [0.05, 0.1) is 31.0 Å². The lowest BCUT2D eigenvalue weighted by Crippen LogP contribution is -2.40. The molecule has 3 aromatic rings. The zero-order chi connectivity index (χ0) is 20.8. The SMILES string of the molecule is O=C(c1cn(CCCNCc2ccc(-c3ccccc3Cl)o2)nn1)N1CCOCC1. The van der Waals surface area contributed by atoms with Crippen molar-refractivity contribution in [2.75, 3.05) is 32.8 Å². The fourth-order valence-corrected chi connectivity index (χ4v) is 3.52. The number of hydrogen-bond donors (Lipinski definition) is 1. The molecule has 0 saturated carbocycles. The first-order valence-corrected chi connectivity index (χ1v) is 10.4. The van der Waals surface area contributed by atoms with Gasteiger partial charge in [0.15, 0.2) is 5.69 Å². The third kappa shape index (κ3) is 5.08. The smallest absolute Gasteiger partial charge is 0.276 e. The number of aryl methyl sites for hydroxylation is 1. The molecule has 0 aliphatic carbocycles. The van der Waals surface area contributed by atoms with E-state index in [1.54, 1.807) is 15.8 Å². The Labute approximate surface area is 179 Å². The Bertz CT molecular complexity index is 980. The van der Waals surface area contributed by atoms with Gasteiger partial charge in [-0.3, -0.25) is 9.48 Å². The van der Waals surface area contributed by atoms with Crippen molar-refractivity contribution in [1.82, 2.24) is 25.2 Å². The molecule has 4 rings (SSSR count). The molecule has 1 fully saturated rings. The summed E-state index contributed by atoms with van der Waals surface area (Å²) in [5.74, 6) is 1.52. The van der Waals surface area contributed by atoms with Crippen LogP contribution in [0.1, 0.15) is 22.7 Å². The highest BCUT2D eigenvalue weighted by atomic mass is 35.5. The molecule has 0 unspecified atom stereocenters. The highest BCUT2D eigenvalue weighted by molar-refractivity contribution is 6.33. The normalized spacial score (nSPS) is 14.2. The average molecular weight is 430 g/mol. The molecule has 1 aliphatic rings. The Morgan fingerprint density at radius 2 is 2.00 bits per heavy atom. The topological polar surface area (TPSA) is 85.4 Å². The van der Waals surface area contributed by atoms with Crippen molar-refractivity contribution in [3.63, 3.8) is 0 Å². The van der Waals surface area contributed by atoms with Crippen molar-refractivity contribution in [2.24, 2.45) is 0 Å². The molecular formula is C21H24ClN5O3. The average Bonchev–Trinajstić information content (AvgIpc) is 3.44. The van der Waals surface area contributed by atoms with Crippen molar-refractivity contribution in [3.05, 3.63) is 59.1 Å². The van der Waals surface area contributed by atoms with Gasteiger partial charge >= 0.3 is 0 Å². The van der Waals surface area contributed by atoms with Crippen LogP contribution in [0.2, 0.25) is 5.02 Å². The Balaban J connectivity index is 1.19. The molecule has 0 spiro atoms. The summed E-state index contributed by atoms with van der Waals surface area (Å²) < 4.78 is 12.9. The van der Waals surface area contributed by atoms with Gasteiger partial charge in [-0.2, -0.15) is 0 Å². The highest BCUT2D eigenvalue weighted by Gasteiger charge is 2.21. The summed E-state index contributed by atoms with van der Waals surface area (Å²) in [6.07, 6.45) is 2.56. The number of morpholine rings is 1. The molecule has 1 amide bonds. The second-order valence-corrected chi connectivity index (χ2v) is 7.45. The summed E-state index contributed by atoms with van der Waals surface area (Å²) >= 11 is 6.22. The predicted octanol–water partition coefficient (Wildman–Crippen LogP) is 2.84. The maximum absolute atomic E-state index is 12.4. The fraction of sp³-hybridized carbons (Fsp3) is 0.381. The molecule has 9 heteroatoms. The maximum atomic E-state index is 12.4. The zero-order valence-corrected chi connectivity index (χ0v) is 17.3. The van der Waals surface area contributed by atoms with Crippen molar-refractivity contribution in [2.45, 2.75) is 19.5 Å². The van der Waals surface area contributed by atoms with Crippen LogP contribution in [0.25, 0.3) is 11.3 Å². The number of halogens is 1. The molecule has 8 nitrogen and oxygen atoms in total. The molecule has 0 radical (unpaired) electrons. The van der Waals surface area contributed by atoms with Crippen LogP contribution in [0, 0.1) is 0 Å². The van der Waals surface area contributed by atoms with Crippen molar-refractivity contribution in [3.8, 4) is 11.3 Å². The standard InChI is InChI=1S/C21H24ClN5O3/c22-18-5-2-1-4-17(18)20-7-6-16(30-20)14-23-8-3-9-27-15-19(24-25-27)21(28)26-10-12-29-13-11-26/h1-2,4-7,15,23H,3,8-14H2. The molecule has 0 atom stereocenters. The number of furan rings is 1. The zero-order valence-electron chi connectivity index (χ0n) is 16.6. The van der Waals surface area contributed by atoms with Crippen LogP contribution in [0.5, 0.6) is 0 Å². The van der Waals surface area contributed by atoms with Crippen LogP contribution in [0.15, 0.2) is 47.0 Å². The second-order valence-electron chi connectivity index (χ2n) is 7.05. The van der Waals surface area contributed by atoms with E-state index in [1.807, 2.05) is 36.4 Å². The number of amides is 1. The second kappa shape index (κ2) is 9.88. The van der Waals surface area contributed by atoms with Gasteiger partial charge in [-0.25, -0.2) is 0 Å². The Hall–Kier alpha value is -2.68. The van der Waals surface area contributed by atoms with E-state index in [0.29, 0.717) is 50.1 Å². The minimum atomic E-state index is -0.0881. The minimum Gasteiger partial charge on any atom is -0.460 e. The number of nitrogens with one attached hydrogen (secondary N) is 1. The van der Waals surface area contributed by atoms with E-state index in [-0.39, 0.29) is 5.91 Å². The van der Waals surface area contributed by atoms with Gasteiger partial charge in [0.25, 0.3) is 5.91 Å². The van der Waals surface area contributed by atoms with Gasteiger partial charge < -0.3 is 19.4 Å². The molecule has 1 saturated heterocycles. The number of rotatable bonds is 8. The number of nitrogens with zero attached hydrogens (tertiary/aromatic N) is 4.